The van der Waals surface area contributed by atoms with Gasteiger partial charge in [-0.05, 0) is 12.1 Å². The molecule has 0 N–H and O–H groups in total. The molecule has 136 valence electrons. The third kappa shape index (κ3) is 3.59. The summed E-state index contributed by atoms with van der Waals surface area (Å²) >= 11 is 1.54. The molecule has 2 aromatic heterocycles. The zero-order valence-electron chi connectivity index (χ0n) is 15.0. The summed E-state index contributed by atoms with van der Waals surface area (Å²) in [6.07, 6.45) is 1.88. The number of nitrogens with zero attached hydrogens (tertiary/aromatic N) is 4. The molecule has 0 atom stereocenters. The number of aromatic nitrogens is 4. The smallest absolute Gasteiger partial charge is 0.226 e. The number of thioether (sulfide) groups is 1. The Morgan fingerprint density at radius 1 is 1.04 bits per heavy atom. The average molecular weight is 378 g/mol. The molecular formula is C20H18N4O2S. The highest BCUT2D eigenvalue weighted by Gasteiger charge is 2.18. The summed E-state index contributed by atoms with van der Waals surface area (Å²) in [5.74, 6) is 2.46. The van der Waals surface area contributed by atoms with E-state index in [-0.39, 0.29) is 0 Å². The second kappa shape index (κ2) is 7.67. The predicted molar refractivity (Wildman–Crippen MR) is 104 cm³/mol. The van der Waals surface area contributed by atoms with E-state index in [2.05, 4.69) is 31.9 Å². The number of ether oxygens (including phenoxy) is 1. The SMILES string of the molecule is COc1ccccc1-n1c(-c2ccccc2)cnc1SCc1nnc(C)o1. The summed E-state index contributed by atoms with van der Waals surface area (Å²) in [4.78, 5) is 4.65. The van der Waals surface area contributed by atoms with Crippen molar-refractivity contribution < 1.29 is 9.15 Å². The fraction of sp³-hybridized carbons (Fsp3) is 0.150. The lowest BCUT2D eigenvalue weighted by atomic mass is 10.1. The predicted octanol–water partition coefficient (Wildman–Crippen LogP) is 4.53. The van der Waals surface area contributed by atoms with Crippen LogP contribution in [0.2, 0.25) is 0 Å². The third-order valence-corrected chi connectivity index (χ3v) is 4.96. The van der Waals surface area contributed by atoms with Crippen LogP contribution < -0.4 is 4.74 Å². The minimum Gasteiger partial charge on any atom is -0.495 e. The van der Waals surface area contributed by atoms with Crippen LogP contribution in [0.4, 0.5) is 0 Å². The third-order valence-electron chi connectivity index (χ3n) is 4.02. The summed E-state index contributed by atoms with van der Waals surface area (Å²) < 4.78 is 13.2. The first kappa shape index (κ1) is 17.4. The Morgan fingerprint density at radius 3 is 2.56 bits per heavy atom. The highest BCUT2D eigenvalue weighted by atomic mass is 32.2. The molecule has 6 nitrogen and oxygen atoms in total. The van der Waals surface area contributed by atoms with E-state index in [0.29, 0.717) is 17.5 Å². The average Bonchev–Trinajstić information content (AvgIpc) is 3.33. The number of hydrogen-bond donors (Lipinski definition) is 0. The number of methoxy groups -OCH3 is 1. The molecule has 27 heavy (non-hydrogen) atoms. The van der Waals surface area contributed by atoms with Crippen molar-refractivity contribution in [3.8, 4) is 22.7 Å². The van der Waals surface area contributed by atoms with Gasteiger partial charge >= 0.3 is 0 Å². The monoisotopic (exact) mass is 378 g/mol. The van der Waals surface area contributed by atoms with Crippen molar-refractivity contribution in [2.24, 2.45) is 0 Å². The van der Waals surface area contributed by atoms with Gasteiger partial charge in [0.25, 0.3) is 0 Å². The maximum absolute atomic E-state index is 5.58. The van der Waals surface area contributed by atoms with Crippen molar-refractivity contribution in [1.29, 1.82) is 0 Å². The van der Waals surface area contributed by atoms with Crippen molar-refractivity contribution in [3.05, 3.63) is 72.6 Å². The van der Waals surface area contributed by atoms with Gasteiger partial charge in [-0.1, -0.05) is 54.2 Å². The molecule has 0 aliphatic heterocycles. The summed E-state index contributed by atoms with van der Waals surface area (Å²) in [5.41, 5.74) is 3.00. The summed E-state index contributed by atoms with van der Waals surface area (Å²) in [5, 5.41) is 8.77. The molecule has 0 fully saturated rings. The molecule has 0 aliphatic rings. The van der Waals surface area contributed by atoms with Crippen molar-refractivity contribution in [2.45, 2.75) is 17.8 Å². The lowest BCUT2D eigenvalue weighted by molar-refractivity contribution is 0.412. The van der Waals surface area contributed by atoms with Crippen LogP contribution >= 0.6 is 11.8 Å². The van der Waals surface area contributed by atoms with Gasteiger partial charge in [0.2, 0.25) is 11.8 Å². The molecule has 0 bridgehead atoms. The van der Waals surface area contributed by atoms with E-state index in [9.17, 15) is 0 Å². The lowest BCUT2D eigenvalue weighted by Gasteiger charge is -2.15. The highest BCUT2D eigenvalue weighted by Crippen LogP contribution is 2.34. The number of rotatable bonds is 6. The van der Waals surface area contributed by atoms with Crippen LogP contribution in [-0.4, -0.2) is 26.9 Å². The molecule has 0 saturated heterocycles. The standard InChI is InChI=1S/C20H18N4O2S/c1-14-22-23-19(26-14)13-27-20-21-12-17(15-8-4-3-5-9-15)24(20)16-10-6-7-11-18(16)25-2/h3-12H,13H2,1-2H3. The number of hydrogen-bond acceptors (Lipinski definition) is 6. The number of benzene rings is 2. The van der Waals surface area contributed by atoms with Gasteiger partial charge in [0.15, 0.2) is 5.16 Å². The van der Waals surface area contributed by atoms with E-state index in [4.69, 9.17) is 9.15 Å². The van der Waals surface area contributed by atoms with Gasteiger partial charge in [0, 0.05) is 12.5 Å². The van der Waals surface area contributed by atoms with Crippen molar-refractivity contribution in [2.75, 3.05) is 7.11 Å². The minimum atomic E-state index is 0.543. The van der Waals surface area contributed by atoms with Gasteiger partial charge in [-0.15, -0.1) is 10.2 Å². The van der Waals surface area contributed by atoms with Crippen LogP contribution in [0.1, 0.15) is 11.8 Å². The van der Waals surface area contributed by atoms with Gasteiger partial charge in [-0.3, -0.25) is 4.57 Å². The molecule has 0 amide bonds. The molecule has 0 aliphatic carbocycles. The number of imidazole rings is 1. The van der Waals surface area contributed by atoms with E-state index in [1.54, 1.807) is 25.8 Å². The Hall–Kier alpha value is -3.06. The summed E-state index contributed by atoms with van der Waals surface area (Å²) in [7, 11) is 1.67. The Kier molecular flexibility index (Phi) is 4.93. The van der Waals surface area contributed by atoms with Gasteiger partial charge in [-0.25, -0.2) is 4.98 Å². The van der Waals surface area contributed by atoms with Crippen LogP contribution in [0.5, 0.6) is 5.75 Å². The largest absolute Gasteiger partial charge is 0.495 e. The van der Waals surface area contributed by atoms with E-state index in [0.717, 1.165) is 27.9 Å². The van der Waals surface area contributed by atoms with E-state index in [1.807, 2.05) is 48.7 Å². The van der Waals surface area contributed by atoms with Gasteiger partial charge in [0.1, 0.15) is 5.75 Å². The lowest BCUT2D eigenvalue weighted by Crippen LogP contribution is -2.02. The quantitative estimate of drug-likeness (QED) is 0.459. The normalized spacial score (nSPS) is 10.9. The first-order valence-corrected chi connectivity index (χ1v) is 9.43. The number of aryl methyl sites for hydroxylation is 1. The minimum absolute atomic E-state index is 0.543. The Balaban J connectivity index is 1.78. The van der Waals surface area contributed by atoms with Crippen molar-refractivity contribution >= 4 is 11.8 Å². The fourth-order valence-electron chi connectivity index (χ4n) is 2.82. The van der Waals surface area contributed by atoms with Crippen molar-refractivity contribution in [3.63, 3.8) is 0 Å². The van der Waals surface area contributed by atoms with Gasteiger partial charge in [-0.2, -0.15) is 0 Å². The molecule has 4 aromatic rings. The van der Waals surface area contributed by atoms with E-state index >= 15 is 0 Å². The second-order valence-electron chi connectivity index (χ2n) is 5.80. The molecule has 0 radical (unpaired) electrons. The Morgan fingerprint density at radius 2 is 1.81 bits per heavy atom. The summed E-state index contributed by atoms with van der Waals surface area (Å²) in [6, 6.07) is 18.1. The zero-order valence-corrected chi connectivity index (χ0v) is 15.8. The highest BCUT2D eigenvalue weighted by molar-refractivity contribution is 7.98. The molecule has 2 aromatic carbocycles. The Labute approximate surface area is 161 Å². The van der Waals surface area contributed by atoms with Crippen LogP contribution in [0.3, 0.4) is 0 Å². The topological polar surface area (TPSA) is 66.0 Å². The summed E-state index contributed by atoms with van der Waals surface area (Å²) in [6.45, 7) is 1.78. The van der Waals surface area contributed by atoms with E-state index < -0.39 is 0 Å². The molecule has 4 rings (SSSR count). The van der Waals surface area contributed by atoms with Gasteiger partial charge < -0.3 is 9.15 Å². The van der Waals surface area contributed by atoms with Crippen LogP contribution in [0.25, 0.3) is 16.9 Å². The Bertz CT molecular complexity index is 1040. The maximum Gasteiger partial charge on any atom is 0.226 e. The molecule has 2 heterocycles. The molecule has 0 unspecified atom stereocenters. The fourth-order valence-corrected chi connectivity index (χ4v) is 3.64. The van der Waals surface area contributed by atoms with E-state index in [1.165, 1.54) is 0 Å². The first-order chi connectivity index (χ1) is 13.3. The van der Waals surface area contributed by atoms with Crippen LogP contribution in [0, 0.1) is 6.92 Å². The second-order valence-corrected chi connectivity index (χ2v) is 6.75. The van der Waals surface area contributed by atoms with Crippen molar-refractivity contribution in [1.82, 2.24) is 19.7 Å². The van der Waals surface area contributed by atoms with Crippen LogP contribution in [-0.2, 0) is 5.75 Å². The number of para-hydroxylation sites is 2. The molecule has 0 saturated carbocycles. The van der Waals surface area contributed by atoms with Crippen LogP contribution in [0.15, 0.2) is 70.4 Å². The first-order valence-electron chi connectivity index (χ1n) is 8.44. The molecule has 0 spiro atoms. The molecular weight excluding hydrogens is 360 g/mol. The zero-order chi connectivity index (χ0) is 18.6. The molecule has 7 heteroatoms. The van der Waals surface area contributed by atoms with Gasteiger partial charge in [0.05, 0.1) is 30.4 Å². The maximum atomic E-state index is 5.58.